The molecule has 1 aliphatic rings. The van der Waals surface area contributed by atoms with E-state index in [-0.39, 0.29) is 0 Å². The zero-order valence-corrected chi connectivity index (χ0v) is 9.06. The fraction of sp³-hybridized carbons (Fsp3) is 0.500. The van der Waals surface area contributed by atoms with Crippen LogP contribution in [0.5, 0.6) is 0 Å². The van der Waals surface area contributed by atoms with Crippen molar-refractivity contribution in [3.05, 3.63) is 36.5 Å². The maximum absolute atomic E-state index is 3.79. The Morgan fingerprint density at radius 3 is 2.31 bits per heavy atom. The molecule has 1 atom stereocenters. The van der Waals surface area contributed by atoms with Crippen molar-refractivity contribution in [1.29, 1.82) is 0 Å². The molecule has 0 amide bonds. The van der Waals surface area contributed by atoms with Crippen LogP contribution in [0.2, 0.25) is 0 Å². The van der Waals surface area contributed by atoms with E-state index in [0.29, 0.717) is 6.04 Å². The van der Waals surface area contributed by atoms with Gasteiger partial charge >= 0.3 is 0 Å². The van der Waals surface area contributed by atoms with Crippen LogP contribution in [0.15, 0.2) is 36.5 Å². The van der Waals surface area contributed by atoms with Crippen molar-refractivity contribution in [2.45, 2.75) is 33.2 Å². The van der Waals surface area contributed by atoms with Crippen LogP contribution in [0.1, 0.15) is 27.2 Å². The molecule has 1 nitrogen and oxygen atoms in total. The van der Waals surface area contributed by atoms with E-state index in [4.69, 9.17) is 0 Å². The molecule has 1 heteroatoms. The Labute approximate surface area is 82.2 Å². The second kappa shape index (κ2) is 6.67. The Hall–Kier alpha value is -0.820. The lowest BCUT2D eigenvalue weighted by atomic mass is 9.95. The van der Waals surface area contributed by atoms with Gasteiger partial charge in [0.05, 0.1) is 0 Å². The molecule has 13 heavy (non-hydrogen) atoms. The van der Waals surface area contributed by atoms with Crippen LogP contribution in [-0.2, 0) is 0 Å². The van der Waals surface area contributed by atoms with Gasteiger partial charge in [-0.25, -0.2) is 0 Å². The van der Waals surface area contributed by atoms with Crippen LogP contribution in [0.25, 0.3) is 0 Å². The minimum atomic E-state index is 0.439. The van der Waals surface area contributed by atoms with Crippen molar-refractivity contribution in [2.24, 2.45) is 0 Å². The van der Waals surface area contributed by atoms with Crippen molar-refractivity contribution >= 4 is 0 Å². The molecule has 0 saturated carbocycles. The Bertz CT molecular complexity index is 201. The van der Waals surface area contributed by atoms with Crippen LogP contribution in [-0.4, -0.2) is 12.6 Å². The van der Waals surface area contributed by atoms with Crippen molar-refractivity contribution in [3.8, 4) is 0 Å². The predicted octanol–water partition coefficient (Wildman–Crippen LogP) is 3.06. The van der Waals surface area contributed by atoms with Crippen molar-refractivity contribution in [3.63, 3.8) is 0 Å². The van der Waals surface area contributed by atoms with Gasteiger partial charge in [0, 0.05) is 6.04 Å². The molecule has 0 spiro atoms. The molecule has 1 N–H and O–H groups in total. The van der Waals surface area contributed by atoms with Crippen LogP contribution < -0.4 is 5.32 Å². The van der Waals surface area contributed by atoms with Crippen LogP contribution in [0.4, 0.5) is 0 Å². The van der Waals surface area contributed by atoms with E-state index in [1.54, 1.807) is 0 Å². The first-order valence-electron chi connectivity index (χ1n) is 5.01. The van der Waals surface area contributed by atoms with Gasteiger partial charge < -0.3 is 5.32 Å². The van der Waals surface area contributed by atoms with Crippen molar-refractivity contribution in [1.82, 2.24) is 5.32 Å². The van der Waals surface area contributed by atoms with E-state index in [2.05, 4.69) is 25.4 Å². The fourth-order valence-corrected chi connectivity index (χ4v) is 1.48. The van der Waals surface area contributed by atoms with Gasteiger partial charge in [-0.05, 0) is 31.0 Å². The molecule has 0 fully saturated rings. The molecule has 1 heterocycles. The number of nitrogens with one attached hydrogen (secondary N) is 1. The summed E-state index contributed by atoms with van der Waals surface area (Å²) in [5.74, 6) is 0. The molecular weight excluding hydrogens is 158 g/mol. The van der Waals surface area contributed by atoms with E-state index in [1.165, 1.54) is 11.1 Å². The highest BCUT2D eigenvalue weighted by molar-refractivity contribution is 5.36. The molecule has 0 aromatic carbocycles. The lowest BCUT2D eigenvalue weighted by molar-refractivity contribution is 0.583. The maximum atomic E-state index is 3.79. The van der Waals surface area contributed by atoms with E-state index in [1.807, 2.05) is 26.0 Å². The van der Waals surface area contributed by atoms with Crippen molar-refractivity contribution < 1.29 is 0 Å². The third-order valence-electron chi connectivity index (χ3n) is 2.15. The molecule has 0 aliphatic carbocycles. The van der Waals surface area contributed by atoms with Gasteiger partial charge in [-0.15, -0.1) is 0 Å². The Kier molecular flexibility index (Phi) is 6.25. The van der Waals surface area contributed by atoms with Gasteiger partial charge in [0.25, 0.3) is 0 Å². The molecule has 0 aromatic heterocycles. The molecule has 0 aromatic rings. The van der Waals surface area contributed by atoms with Gasteiger partial charge in [0.1, 0.15) is 0 Å². The highest BCUT2D eigenvalue weighted by atomic mass is 14.9. The number of rotatable bonds is 2. The van der Waals surface area contributed by atoms with Crippen LogP contribution in [0, 0.1) is 0 Å². The summed E-state index contributed by atoms with van der Waals surface area (Å²) in [4.78, 5) is 0. The third kappa shape index (κ3) is 3.19. The zero-order chi connectivity index (χ0) is 10.3. The van der Waals surface area contributed by atoms with Gasteiger partial charge in [-0.3, -0.25) is 0 Å². The lowest BCUT2D eigenvalue weighted by Gasteiger charge is -2.23. The average molecular weight is 179 g/mol. The summed E-state index contributed by atoms with van der Waals surface area (Å²) in [6, 6.07) is 0.439. The Morgan fingerprint density at radius 1 is 1.31 bits per heavy atom. The standard InChI is InChI=1S/C10H15N.C2H6/c1-4-9-6-7-11-8(3)10(9)5-2;1-2/h4-5,8,11H,1-2,6-7H2,3H3;1-2H3. The first-order valence-corrected chi connectivity index (χ1v) is 5.01. The molecule has 1 aliphatic heterocycles. The Balaban J connectivity index is 0.000000671. The van der Waals surface area contributed by atoms with Gasteiger partial charge in [0.15, 0.2) is 0 Å². The van der Waals surface area contributed by atoms with E-state index in [9.17, 15) is 0 Å². The second-order valence-electron chi connectivity index (χ2n) is 2.81. The van der Waals surface area contributed by atoms with Crippen molar-refractivity contribution in [2.75, 3.05) is 6.54 Å². The normalized spacial score (nSPS) is 21.6. The Morgan fingerprint density at radius 2 is 1.92 bits per heavy atom. The molecule has 0 radical (unpaired) electrons. The summed E-state index contributed by atoms with van der Waals surface area (Å²) < 4.78 is 0. The molecule has 1 rings (SSSR count). The van der Waals surface area contributed by atoms with Gasteiger partial charge in [0.2, 0.25) is 0 Å². The predicted molar refractivity (Wildman–Crippen MR) is 60.8 cm³/mol. The molecule has 1 unspecified atom stereocenters. The first kappa shape index (κ1) is 12.2. The summed E-state index contributed by atoms with van der Waals surface area (Å²) in [6.45, 7) is 14.8. The van der Waals surface area contributed by atoms with Gasteiger partial charge in [-0.2, -0.15) is 0 Å². The maximum Gasteiger partial charge on any atom is 0.0294 e. The SMILES string of the molecule is C=CC1=C(C=C)C(C)NCC1.CC. The molecule has 0 bridgehead atoms. The lowest BCUT2D eigenvalue weighted by Crippen LogP contribution is -2.33. The summed E-state index contributed by atoms with van der Waals surface area (Å²) in [5, 5.41) is 3.37. The number of hydrogen-bond donors (Lipinski definition) is 1. The molecule has 0 saturated heterocycles. The third-order valence-corrected chi connectivity index (χ3v) is 2.15. The smallest absolute Gasteiger partial charge is 0.0294 e. The summed E-state index contributed by atoms with van der Waals surface area (Å²) in [7, 11) is 0. The minimum absolute atomic E-state index is 0.439. The van der Waals surface area contributed by atoms with E-state index >= 15 is 0 Å². The number of allylic oxidation sites excluding steroid dienone is 1. The topological polar surface area (TPSA) is 12.0 Å². The fourth-order valence-electron chi connectivity index (χ4n) is 1.48. The summed E-state index contributed by atoms with van der Waals surface area (Å²) >= 11 is 0. The highest BCUT2D eigenvalue weighted by Crippen LogP contribution is 2.18. The van der Waals surface area contributed by atoms with Crippen LogP contribution in [0.3, 0.4) is 0 Å². The number of hydrogen-bond acceptors (Lipinski definition) is 1. The molecular formula is C12H21N. The summed E-state index contributed by atoms with van der Waals surface area (Å²) in [6.07, 6.45) is 4.94. The van der Waals surface area contributed by atoms with Gasteiger partial charge in [-0.1, -0.05) is 39.2 Å². The minimum Gasteiger partial charge on any atom is -0.310 e. The van der Waals surface area contributed by atoms with E-state index < -0.39 is 0 Å². The highest BCUT2D eigenvalue weighted by Gasteiger charge is 2.13. The first-order chi connectivity index (χ1) is 6.29. The monoisotopic (exact) mass is 179 g/mol. The largest absolute Gasteiger partial charge is 0.310 e. The second-order valence-corrected chi connectivity index (χ2v) is 2.81. The zero-order valence-electron chi connectivity index (χ0n) is 9.06. The average Bonchev–Trinajstić information content (AvgIpc) is 2.20. The quantitative estimate of drug-likeness (QED) is 0.687. The van der Waals surface area contributed by atoms with Crippen LogP contribution >= 0.6 is 0 Å². The summed E-state index contributed by atoms with van der Waals surface area (Å²) in [5.41, 5.74) is 2.64. The van der Waals surface area contributed by atoms with E-state index in [0.717, 1.165) is 13.0 Å². The molecule has 74 valence electrons.